The zero-order valence-electron chi connectivity index (χ0n) is 21.6. The quantitative estimate of drug-likeness (QED) is 0.461. The molecule has 0 unspecified atom stereocenters. The van der Waals surface area contributed by atoms with E-state index in [0.717, 1.165) is 36.0 Å². The first-order valence-corrected chi connectivity index (χ1v) is 12.8. The maximum Gasteiger partial charge on any atom is 0.253 e. The topological polar surface area (TPSA) is 43.9 Å². The molecule has 5 nitrogen and oxygen atoms in total. The highest BCUT2D eigenvalue weighted by Gasteiger charge is 2.33. The average molecular weight is 484 g/mol. The third-order valence-corrected chi connectivity index (χ3v) is 7.24. The first-order chi connectivity index (χ1) is 17.4. The molecule has 1 atom stereocenters. The fourth-order valence-corrected chi connectivity index (χ4v) is 5.15. The van der Waals surface area contributed by atoms with Crippen molar-refractivity contribution in [2.24, 2.45) is 5.92 Å². The molecule has 4 rings (SSSR count). The van der Waals surface area contributed by atoms with Gasteiger partial charge in [0.2, 0.25) is 5.91 Å². The van der Waals surface area contributed by atoms with E-state index >= 15 is 0 Å². The van der Waals surface area contributed by atoms with Gasteiger partial charge in [0.15, 0.2) is 0 Å². The van der Waals surface area contributed by atoms with E-state index in [1.165, 1.54) is 5.56 Å². The zero-order chi connectivity index (χ0) is 25.5. The Morgan fingerprint density at radius 3 is 1.94 bits per heavy atom. The van der Waals surface area contributed by atoms with Crippen molar-refractivity contribution in [1.82, 2.24) is 14.7 Å². The van der Waals surface area contributed by atoms with Gasteiger partial charge in [-0.05, 0) is 68.1 Å². The van der Waals surface area contributed by atoms with Gasteiger partial charge in [-0.2, -0.15) is 0 Å². The monoisotopic (exact) mass is 483 g/mol. The van der Waals surface area contributed by atoms with Crippen LogP contribution in [-0.2, 0) is 11.2 Å². The molecule has 1 heterocycles. The molecule has 0 aliphatic carbocycles. The molecule has 1 aliphatic rings. The number of benzene rings is 3. The summed E-state index contributed by atoms with van der Waals surface area (Å²) in [6, 6.07) is 28.6. The minimum Gasteiger partial charge on any atom is -0.341 e. The number of carbonyl (C=O) groups excluding carboxylic acids is 2. The van der Waals surface area contributed by atoms with Crippen molar-refractivity contribution in [2.45, 2.75) is 25.3 Å². The van der Waals surface area contributed by atoms with Gasteiger partial charge < -0.3 is 14.7 Å². The predicted octanol–water partition coefficient (Wildman–Crippen LogP) is 4.84. The molecule has 3 aromatic carbocycles. The molecular weight excluding hydrogens is 446 g/mol. The van der Waals surface area contributed by atoms with E-state index in [0.29, 0.717) is 25.6 Å². The van der Waals surface area contributed by atoms with Crippen molar-refractivity contribution in [1.29, 1.82) is 0 Å². The fraction of sp³-hybridized carbons (Fsp3) is 0.355. The van der Waals surface area contributed by atoms with Crippen LogP contribution in [0.3, 0.4) is 0 Å². The third kappa shape index (κ3) is 6.41. The lowest BCUT2D eigenvalue weighted by Crippen LogP contribution is -2.50. The molecule has 5 heteroatoms. The van der Waals surface area contributed by atoms with Crippen molar-refractivity contribution in [3.8, 4) is 11.1 Å². The zero-order valence-corrected chi connectivity index (χ0v) is 21.6. The van der Waals surface area contributed by atoms with Crippen molar-refractivity contribution in [2.75, 3.05) is 40.8 Å². The summed E-state index contributed by atoms with van der Waals surface area (Å²) in [6.45, 7) is 1.83. The summed E-state index contributed by atoms with van der Waals surface area (Å²) in [7, 11) is 5.79. The molecule has 3 aromatic rings. The molecule has 1 aliphatic heterocycles. The van der Waals surface area contributed by atoms with Gasteiger partial charge in [0, 0.05) is 31.7 Å². The van der Waals surface area contributed by atoms with Gasteiger partial charge >= 0.3 is 0 Å². The number of amides is 2. The lowest BCUT2D eigenvalue weighted by molar-refractivity contribution is -0.134. The van der Waals surface area contributed by atoms with Crippen LogP contribution in [0.1, 0.15) is 28.8 Å². The summed E-state index contributed by atoms with van der Waals surface area (Å²) in [5, 5.41) is 0. The molecule has 2 amide bonds. The van der Waals surface area contributed by atoms with E-state index in [9.17, 15) is 9.59 Å². The first-order valence-electron chi connectivity index (χ1n) is 12.8. The first kappa shape index (κ1) is 25.6. The summed E-state index contributed by atoms with van der Waals surface area (Å²) in [4.78, 5) is 32.0. The molecule has 1 saturated heterocycles. The lowest BCUT2D eigenvalue weighted by atomic mass is 9.84. The van der Waals surface area contributed by atoms with Gasteiger partial charge in [0.1, 0.15) is 0 Å². The van der Waals surface area contributed by atoms with E-state index in [1.54, 1.807) is 0 Å². The number of likely N-dealkylation sites (N-methyl/N-ethyl adjacent to an activating group) is 2. The molecule has 0 radical (unpaired) electrons. The van der Waals surface area contributed by atoms with Gasteiger partial charge in [-0.15, -0.1) is 0 Å². The molecule has 36 heavy (non-hydrogen) atoms. The number of rotatable bonds is 8. The number of piperidine rings is 1. The fourth-order valence-electron chi connectivity index (χ4n) is 5.15. The summed E-state index contributed by atoms with van der Waals surface area (Å²) < 4.78 is 0. The van der Waals surface area contributed by atoms with Gasteiger partial charge in [0.05, 0.1) is 6.54 Å². The second-order valence-corrected chi connectivity index (χ2v) is 10.1. The molecule has 0 bridgehead atoms. The number of hydrogen-bond acceptors (Lipinski definition) is 3. The van der Waals surface area contributed by atoms with Crippen LogP contribution in [0.2, 0.25) is 0 Å². The third-order valence-electron chi connectivity index (χ3n) is 7.24. The number of likely N-dealkylation sites (tertiary alicyclic amines) is 1. The average Bonchev–Trinajstić information content (AvgIpc) is 2.92. The maximum absolute atomic E-state index is 13.2. The largest absolute Gasteiger partial charge is 0.341 e. The van der Waals surface area contributed by atoms with Crippen molar-refractivity contribution in [3.63, 3.8) is 0 Å². The lowest BCUT2D eigenvalue weighted by Gasteiger charge is -2.40. The van der Waals surface area contributed by atoms with Crippen molar-refractivity contribution in [3.05, 3.63) is 96.1 Å². The Balaban J connectivity index is 1.41. The second-order valence-electron chi connectivity index (χ2n) is 10.1. The summed E-state index contributed by atoms with van der Waals surface area (Å²) >= 11 is 0. The molecular formula is C31H37N3O2. The van der Waals surface area contributed by atoms with Crippen LogP contribution in [0.5, 0.6) is 0 Å². The van der Waals surface area contributed by atoms with Crippen LogP contribution in [0.25, 0.3) is 11.1 Å². The Bertz CT molecular complexity index is 1120. The standard InChI is InChI=1S/C31H37N3O2/c1-32(2)23-30(35)33(3)29(22-24-10-6-4-7-11-24)27-18-20-34(21-19-27)31(36)28-16-14-26(15-17-28)25-12-8-5-9-13-25/h4-17,27,29H,18-23H2,1-3H3/t29-/m1/s1. The van der Waals surface area contributed by atoms with Crippen LogP contribution < -0.4 is 0 Å². The van der Waals surface area contributed by atoms with Crippen LogP contribution in [0, 0.1) is 5.92 Å². The Hall–Kier alpha value is -3.44. The van der Waals surface area contributed by atoms with Gasteiger partial charge in [-0.3, -0.25) is 9.59 Å². The summed E-state index contributed by atoms with van der Waals surface area (Å²) in [5.41, 5.74) is 4.23. The Kier molecular flexibility index (Phi) is 8.55. The number of hydrogen-bond donors (Lipinski definition) is 0. The molecule has 0 N–H and O–H groups in total. The Morgan fingerprint density at radius 1 is 0.806 bits per heavy atom. The Morgan fingerprint density at radius 2 is 1.36 bits per heavy atom. The highest BCUT2D eigenvalue weighted by molar-refractivity contribution is 5.94. The number of nitrogens with zero attached hydrogens (tertiary/aromatic N) is 3. The predicted molar refractivity (Wildman–Crippen MR) is 146 cm³/mol. The summed E-state index contributed by atoms with van der Waals surface area (Å²) in [5.74, 6) is 0.577. The van der Waals surface area contributed by atoms with E-state index in [1.807, 2.05) is 84.4 Å². The smallest absolute Gasteiger partial charge is 0.253 e. The second kappa shape index (κ2) is 12.0. The van der Waals surface area contributed by atoms with Gasteiger partial charge in [0.25, 0.3) is 5.91 Å². The minimum atomic E-state index is 0.0877. The van der Waals surface area contributed by atoms with E-state index in [4.69, 9.17) is 0 Å². The Labute approximate surface area is 215 Å². The van der Waals surface area contributed by atoms with Crippen LogP contribution in [0.15, 0.2) is 84.9 Å². The van der Waals surface area contributed by atoms with Crippen LogP contribution in [0.4, 0.5) is 0 Å². The molecule has 1 fully saturated rings. The SMILES string of the molecule is CN(C)CC(=O)N(C)[C@H](Cc1ccccc1)C1CCN(C(=O)c2ccc(-c3ccccc3)cc2)CC1. The normalized spacial score (nSPS) is 15.1. The van der Waals surface area contributed by atoms with E-state index in [2.05, 4.69) is 36.4 Å². The van der Waals surface area contributed by atoms with E-state index < -0.39 is 0 Å². The van der Waals surface area contributed by atoms with E-state index in [-0.39, 0.29) is 17.9 Å². The van der Waals surface area contributed by atoms with Crippen molar-refractivity contribution >= 4 is 11.8 Å². The highest BCUT2D eigenvalue weighted by Crippen LogP contribution is 2.28. The molecule has 0 aromatic heterocycles. The molecule has 188 valence electrons. The number of carbonyl (C=O) groups is 2. The van der Waals surface area contributed by atoms with Crippen molar-refractivity contribution < 1.29 is 9.59 Å². The van der Waals surface area contributed by atoms with Crippen LogP contribution >= 0.6 is 0 Å². The van der Waals surface area contributed by atoms with Gasteiger partial charge in [-0.1, -0.05) is 72.8 Å². The molecule has 0 spiro atoms. The summed E-state index contributed by atoms with van der Waals surface area (Å²) in [6.07, 6.45) is 2.62. The van der Waals surface area contributed by atoms with Crippen LogP contribution in [-0.4, -0.2) is 73.3 Å². The highest BCUT2D eigenvalue weighted by atomic mass is 16.2. The van der Waals surface area contributed by atoms with Gasteiger partial charge in [-0.25, -0.2) is 0 Å². The maximum atomic E-state index is 13.2. The minimum absolute atomic E-state index is 0.0877. The molecule has 0 saturated carbocycles.